The molecule has 0 aliphatic rings. The molecule has 0 aliphatic carbocycles. The number of amides is 1. The molecule has 0 atom stereocenters. The lowest BCUT2D eigenvalue weighted by Crippen LogP contribution is -2.27. The summed E-state index contributed by atoms with van der Waals surface area (Å²) in [4.78, 5) is 18.1. The Bertz CT molecular complexity index is 813. The predicted octanol–water partition coefficient (Wildman–Crippen LogP) is 2.05. The second kappa shape index (κ2) is 7.31. The fourth-order valence-corrected chi connectivity index (χ4v) is 2.93. The number of carbonyl (C=O) groups is 1. The van der Waals surface area contributed by atoms with Gasteiger partial charge >= 0.3 is 0 Å². The van der Waals surface area contributed by atoms with Crippen molar-refractivity contribution >= 4 is 17.7 Å². The van der Waals surface area contributed by atoms with Crippen molar-refractivity contribution in [3.05, 3.63) is 54.1 Å². The van der Waals surface area contributed by atoms with Crippen molar-refractivity contribution in [3.8, 4) is 5.69 Å². The lowest BCUT2D eigenvalue weighted by Gasteiger charge is -2.15. The van der Waals surface area contributed by atoms with Crippen LogP contribution >= 0.6 is 11.8 Å². The number of para-hydroxylation sites is 1. The molecule has 1 aromatic carbocycles. The van der Waals surface area contributed by atoms with E-state index >= 15 is 0 Å². The topological polar surface area (TPSA) is 79.7 Å². The van der Waals surface area contributed by atoms with E-state index in [1.165, 1.54) is 11.8 Å². The maximum Gasteiger partial charge on any atom is 0.233 e. The predicted molar refractivity (Wildman–Crippen MR) is 91.9 cm³/mol. The average molecular weight is 342 g/mol. The Labute approximate surface area is 144 Å². The first-order valence-electron chi connectivity index (χ1n) is 7.46. The highest BCUT2D eigenvalue weighted by molar-refractivity contribution is 7.99. The Morgan fingerprint density at radius 2 is 2.12 bits per heavy atom. The van der Waals surface area contributed by atoms with Gasteiger partial charge in [0.25, 0.3) is 0 Å². The van der Waals surface area contributed by atoms with Crippen LogP contribution in [0.25, 0.3) is 5.69 Å². The van der Waals surface area contributed by atoms with Crippen LogP contribution < -0.4 is 0 Å². The van der Waals surface area contributed by atoms with Crippen molar-refractivity contribution < 1.29 is 4.79 Å². The summed E-state index contributed by atoms with van der Waals surface area (Å²) in [5.41, 5.74) is 1.97. The lowest BCUT2D eigenvalue weighted by atomic mass is 10.3. The number of thioether (sulfide) groups is 1. The highest BCUT2D eigenvalue weighted by Crippen LogP contribution is 2.14. The zero-order valence-electron chi connectivity index (χ0n) is 13.5. The Hall–Kier alpha value is -2.61. The molecule has 2 aromatic heterocycles. The first kappa shape index (κ1) is 16.3. The number of nitrogens with zero attached hydrogens (tertiary/aromatic N) is 5. The minimum absolute atomic E-state index is 0.0231. The van der Waals surface area contributed by atoms with Gasteiger partial charge in [0.15, 0.2) is 0 Å². The zero-order valence-corrected chi connectivity index (χ0v) is 14.3. The second-order valence-corrected chi connectivity index (χ2v) is 6.31. The monoisotopic (exact) mass is 342 g/mol. The third kappa shape index (κ3) is 4.02. The lowest BCUT2D eigenvalue weighted by molar-refractivity contribution is -0.127. The van der Waals surface area contributed by atoms with Crippen LogP contribution in [0.1, 0.15) is 11.4 Å². The fraction of sp³-hybridized carbons (Fsp3) is 0.250. The molecule has 3 aromatic rings. The fourth-order valence-electron chi connectivity index (χ4n) is 2.15. The molecule has 2 heterocycles. The van der Waals surface area contributed by atoms with E-state index in [0.29, 0.717) is 17.5 Å². The van der Waals surface area contributed by atoms with Crippen molar-refractivity contribution in [2.24, 2.45) is 0 Å². The number of benzene rings is 1. The van der Waals surface area contributed by atoms with Crippen molar-refractivity contribution in [3.63, 3.8) is 0 Å². The number of nitrogens with one attached hydrogen (secondary N) is 1. The van der Waals surface area contributed by atoms with Gasteiger partial charge in [0, 0.05) is 25.4 Å². The molecule has 7 nitrogen and oxygen atoms in total. The second-order valence-electron chi connectivity index (χ2n) is 5.37. The SMILES string of the molecule is Cc1nc(SCC(=O)N(C)Cc2cnn(-c3ccccc3)c2)n[nH]1. The molecule has 0 saturated carbocycles. The Morgan fingerprint density at radius 3 is 2.83 bits per heavy atom. The van der Waals surface area contributed by atoms with Crippen LogP contribution in [0, 0.1) is 6.92 Å². The highest BCUT2D eigenvalue weighted by atomic mass is 32.2. The Morgan fingerprint density at radius 1 is 1.33 bits per heavy atom. The Balaban J connectivity index is 1.55. The molecule has 8 heteroatoms. The number of aromatic nitrogens is 5. The summed E-state index contributed by atoms with van der Waals surface area (Å²) in [6.45, 7) is 2.34. The van der Waals surface area contributed by atoms with E-state index in [1.54, 1.807) is 22.8 Å². The van der Waals surface area contributed by atoms with E-state index in [4.69, 9.17) is 0 Å². The van der Waals surface area contributed by atoms with Gasteiger partial charge in [-0.2, -0.15) is 5.10 Å². The van der Waals surface area contributed by atoms with Gasteiger partial charge in [-0.25, -0.2) is 9.67 Å². The van der Waals surface area contributed by atoms with Gasteiger partial charge in [-0.1, -0.05) is 30.0 Å². The van der Waals surface area contributed by atoms with Crippen molar-refractivity contribution in [2.45, 2.75) is 18.6 Å². The molecule has 0 spiro atoms. The molecule has 0 saturated heterocycles. The van der Waals surface area contributed by atoms with Crippen LogP contribution in [0.2, 0.25) is 0 Å². The number of aryl methyl sites for hydroxylation is 1. The molecule has 124 valence electrons. The first-order chi connectivity index (χ1) is 11.6. The Kier molecular flexibility index (Phi) is 4.95. The van der Waals surface area contributed by atoms with Gasteiger partial charge in [0.05, 0.1) is 17.6 Å². The first-order valence-corrected chi connectivity index (χ1v) is 8.45. The molecule has 0 unspecified atom stereocenters. The van der Waals surface area contributed by atoms with E-state index in [-0.39, 0.29) is 5.91 Å². The van der Waals surface area contributed by atoms with Crippen LogP contribution in [0.15, 0.2) is 47.9 Å². The van der Waals surface area contributed by atoms with Crippen molar-refractivity contribution in [1.82, 2.24) is 29.9 Å². The summed E-state index contributed by atoms with van der Waals surface area (Å²) in [5, 5.41) is 11.7. The summed E-state index contributed by atoms with van der Waals surface area (Å²) in [6.07, 6.45) is 3.72. The summed E-state index contributed by atoms with van der Waals surface area (Å²) in [7, 11) is 1.78. The number of H-pyrrole nitrogens is 1. The molecule has 0 aliphatic heterocycles. The van der Waals surface area contributed by atoms with Crippen LogP contribution in [-0.2, 0) is 11.3 Å². The molecule has 0 radical (unpaired) electrons. The standard InChI is InChI=1S/C16H18N6OS/c1-12-18-16(20-19-12)24-11-15(23)21(2)9-13-8-17-22(10-13)14-6-4-3-5-7-14/h3-8,10H,9,11H2,1-2H3,(H,18,19,20). The van der Waals surface area contributed by atoms with E-state index in [9.17, 15) is 4.79 Å². The molecule has 0 bridgehead atoms. The molecule has 1 amide bonds. The number of hydrogen-bond donors (Lipinski definition) is 1. The summed E-state index contributed by atoms with van der Waals surface area (Å²) >= 11 is 1.32. The van der Waals surface area contributed by atoms with E-state index < -0.39 is 0 Å². The highest BCUT2D eigenvalue weighted by Gasteiger charge is 2.12. The zero-order chi connectivity index (χ0) is 16.9. The minimum Gasteiger partial charge on any atom is -0.341 e. The van der Waals surface area contributed by atoms with Gasteiger partial charge in [-0.15, -0.1) is 5.10 Å². The van der Waals surface area contributed by atoms with Gasteiger partial charge < -0.3 is 4.90 Å². The molecule has 24 heavy (non-hydrogen) atoms. The van der Waals surface area contributed by atoms with E-state index in [2.05, 4.69) is 20.3 Å². The summed E-state index contributed by atoms with van der Waals surface area (Å²) in [6, 6.07) is 9.87. The summed E-state index contributed by atoms with van der Waals surface area (Å²) < 4.78 is 1.80. The third-order valence-corrected chi connectivity index (χ3v) is 4.24. The van der Waals surface area contributed by atoms with E-state index in [0.717, 1.165) is 17.1 Å². The van der Waals surface area contributed by atoms with Crippen LogP contribution in [-0.4, -0.2) is 48.6 Å². The molecule has 1 N–H and O–H groups in total. The maximum absolute atomic E-state index is 12.2. The quantitative estimate of drug-likeness (QED) is 0.694. The van der Waals surface area contributed by atoms with Crippen molar-refractivity contribution in [2.75, 3.05) is 12.8 Å². The largest absolute Gasteiger partial charge is 0.341 e. The van der Waals surface area contributed by atoms with Gasteiger partial charge in [0.2, 0.25) is 11.1 Å². The average Bonchev–Trinajstić information content (AvgIpc) is 3.22. The molecule has 0 fully saturated rings. The van der Waals surface area contributed by atoms with E-state index in [1.807, 2.05) is 43.5 Å². The summed E-state index contributed by atoms with van der Waals surface area (Å²) in [5.74, 6) is 1.07. The van der Waals surface area contributed by atoms with Crippen molar-refractivity contribution in [1.29, 1.82) is 0 Å². The third-order valence-electron chi connectivity index (χ3n) is 3.40. The van der Waals surface area contributed by atoms with Gasteiger partial charge in [0.1, 0.15) is 5.82 Å². The number of hydrogen-bond acceptors (Lipinski definition) is 5. The van der Waals surface area contributed by atoms with Crippen LogP contribution in [0.5, 0.6) is 0 Å². The maximum atomic E-state index is 12.2. The number of rotatable bonds is 6. The van der Waals surface area contributed by atoms with Crippen LogP contribution in [0.4, 0.5) is 0 Å². The normalized spacial score (nSPS) is 10.8. The molecular weight excluding hydrogens is 324 g/mol. The number of carbonyl (C=O) groups excluding carboxylic acids is 1. The van der Waals surface area contributed by atoms with Crippen LogP contribution in [0.3, 0.4) is 0 Å². The van der Waals surface area contributed by atoms with Gasteiger partial charge in [-0.3, -0.25) is 9.89 Å². The minimum atomic E-state index is 0.0231. The smallest absolute Gasteiger partial charge is 0.233 e. The van der Waals surface area contributed by atoms with Gasteiger partial charge in [-0.05, 0) is 19.1 Å². The number of aromatic amines is 1. The molecular formula is C16H18N6OS. The molecule has 3 rings (SSSR count).